The van der Waals surface area contributed by atoms with Gasteiger partial charge in [0.05, 0.1) is 23.5 Å². The number of rotatable bonds is 2. The fourth-order valence-corrected chi connectivity index (χ4v) is 3.56. The van der Waals surface area contributed by atoms with E-state index < -0.39 is 0 Å². The van der Waals surface area contributed by atoms with Crippen molar-refractivity contribution in [2.24, 2.45) is 30.5 Å². The Hall–Kier alpha value is -1.07. The number of anilines is 1. The lowest BCUT2D eigenvalue weighted by Crippen LogP contribution is -2.42. The van der Waals surface area contributed by atoms with Crippen LogP contribution in [0.15, 0.2) is 6.20 Å². The summed E-state index contributed by atoms with van der Waals surface area (Å²) in [7, 11) is 1.87. The van der Waals surface area contributed by atoms with E-state index in [1.165, 1.54) is 6.42 Å². The highest BCUT2D eigenvalue weighted by Gasteiger charge is 2.49. The third-order valence-electron chi connectivity index (χ3n) is 4.78. The van der Waals surface area contributed by atoms with Crippen molar-refractivity contribution in [2.75, 3.05) is 5.32 Å². The van der Waals surface area contributed by atoms with Crippen molar-refractivity contribution in [3.8, 4) is 0 Å². The number of hydrogen-bond acceptors (Lipinski definition) is 3. The second kappa shape index (κ2) is 5.13. The van der Waals surface area contributed by atoms with Gasteiger partial charge in [-0.1, -0.05) is 0 Å². The van der Waals surface area contributed by atoms with Crippen LogP contribution >= 0.6 is 12.4 Å². The lowest BCUT2D eigenvalue weighted by atomic mass is 9.84. The average molecular weight is 285 g/mol. The van der Waals surface area contributed by atoms with Crippen LogP contribution in [0.3, 0.4) is 0 Å². The molecule has 3 rings (SSSR count). The highest BCUT2D eigenvalue weighted by Crippen LogP contribution is 2.47. The number of nitrogens with one attached hydrogen (secondary N) is 1. The molecule has 2 fully saturated rings. The Balaban J connectivity index is 0.00000133. The molecule has 3 N–H and O–H groups in total. The third-order valence-corrected chi connectivity index (χ3v) is 4.78. The van der Waals surface area contributed by atoms with Gasteiger partial charge >= 0.3 is 0 Å². The average Bonchev–Trinajstić information content (AvgIpc) is 2.99. The Morgan fingerprint density at radius 1 is 1.47 bits per heavy atom. The molecule has 4 atom stereocenters. The van der Waals surface area contributed by atoms with E-state index in [9.17, 15) is 4.79 Å². The first-order valence-electron chi connectivity index (χ1n) is 6.63. The Labute approximate surface area is 119 Å². The molecule has 6 heteroatoms. The molecule has 1 heterocycles. The summed E-state index contributed by atoms with van der Waals surface area (Å²) in [6.07, 6.45) is 5.18. The molecule has 1 amide bonds. The van der Waals surface area contributed by atoms with Crippen molar-refractivity contribution in [3.63, 3.8) is 0 Å². The maximum Gasteiger partial charge on any atom is 0.229 e. The molecule has 1 aromatic heterocycles. The second-order valence-corrected chi connectivity index (χ2v) is 5.69. The zero-order chi connectivity index (χ0) is 12.9. The number of aryl methyl sites for hydroxylation is 1. The molecule has 2 saturated carbocycles. The number of aromatic nitrogens is 2. The van der Waals surface area contributed by atoms with Crippen molar-refractivity contribution >= 4 is 24.0 Å². The Kier molecular flexibility index (Phi) is 3.87. The molecule has 2 aliphatic rings. The first kappa shape index (κ1) is 14.3. The summed E-state index contributed by atoms with van der Waals surface area (Å²) in [5, 5.41) is 7.12. The van der Waals surface area contributed by atoms with E-state index >= 15 is 0 Å². The first-order valence-corrected chi connectivity index (χ1v) is 6.63. The van der Waals surface area contributed by atoms with Crippen LogP contribution in [0.25, 0.3) is 0 Å². The zero-order valence-electron chi connectivity index (χ0n) is 11.3. The van der Waals surface area contributed by atoms with Crippen LogP contribution in [0.5, 0.6) is 0 Å². The van der Waals surface area contributed by atoms with Gasteiger partial charge < -0.3 is 11.1 Å². The van der Waals surface area contributed by atoms with Gasteiger partial charge in [-0.15, -0.1) is 12.4 Å². The number of carbonyl (C=O) groups is 1. The van der Waals surface area contributed by atoms with Gasteiger partial charge in [0, 0.05) is 13.1 Å². The summed E-state index contributed by atoms with van der Waals surface area (Å²) in [4.78, 5) is 12.3. The molecule has 0 radical (unpaired) electrons. The number of amides is 1. The van der Waals surface area contributed by atoms with Crippen LogP contribution in [0.4, 0.5) is 5.69 Å². The van der Waals surface area contributed by atoms with Crippen LogP contribution in [0.1, 0.15) is 25.0 Å². The molecule has 0 saturated heterocycles. The van der Waals surface area contributed by atoms with Crippen molar-refractivity contribution in [1.82, 2.24) is 9.78 Å². The maximum atomic E-state index is 12.3. The molecule has 19 heavy (non-hydrogen) atoms. The number of hydrogen-bond donors (Lipinski definition) is 2. The molecule has 2 bridgehead atoms. The van der Waals surface area contributed by atoms with Crippen molar-refractivity contribution in [3.05, 3.63) is 11.9 Å². The SMILES string of the molecule is Cc1c(NC(=O)C2C3CCC(C3)C2N)cnn1C.Cl. The summed E-state index contributed by atoms with van der Waals surface area (Å²) >= 11 is 0. The van der Waals surface area contributed by atoms with Gasteiger partial charge in [0.2, 0.25) is 5.91 Å². The Morgan fingerprint density at radius 3 is 2.68 bits per heavy atom. The second-order valence-electron chi connectivity index (χ2n) is 5.69. The van der Waals surface area contributed by atoms with E-state index in [2.05, 4.69) is 10.4 Å². The van der Waals surface area contributed by atoms with Gasteiger partial charge in [-0.05, 0) is 38.0 Å². The summed E-state index contributed by atoms with van der Waals surface area (Å²) in [6, 6.07) is 0.0423. The quantitative estimate of drug-likeness (QED) is 0.864. The smallest absolute Gasteiger partial charge is 0.229 e. The normalized spacial score (nSPS) is 32.2. The molecule has 0 aromatic carbocycles. The van der Waals surface area contributed by atoms with E-state index in [4.69, 9.17) is 5.73 Å². The molecule has 0 aliphatic heterocycles. The van der Waals surface area contributed by atoms with Gasteiger partial charge in [-0.2, -0.15) is 5.10 Å². The van der Waals surface area contributed by atoms with Crippen LogP contribution in [0, 0.1) is 24.7 Å². The third kappa shape index (κ3) is 2.25. The summed E-state index contributed by atoms with van der Waals surface area (Å²) < 4.78 is 1.76. The van der Waals surface area contributed by atoms with E-state index in [1.54, 1.807) is 10.9 Å². The Bertz CT molecular complexity index is 485. The molecule has 2 aliphatic carbocycles. The van der Waals surface area contributed by atoms with E-state index in [-0.39, 0.29) is 30.3 Å². The van der Waals surface area contributed by atoms with Gasteiger partial charge in [0.1, 0.15) is 0 Å². The first-order chi connectivity index (χ1) is 8.58. The standard InChI is InChI=1S/C13H20N4O.ClH/c1-7-10(6-15-17(7)2)16-13(18)11-8-3-4-9(5-8)12(11)14;/h6,8-9,11-12H,3-5,14H2,1-2H3,(H,16,18);1H. The predicted octanol–water partition coefficient (Wildman–Crippen LogP) is 1.46. The summed E-state index contributed by atoms with van der Waals surface area (Å²) in [6.45, 7) is 1.95. The van der Waals surface area contributed by atoms with Crippen LogP contribution in [-0.2, 0) is 11.8 Å². The number of nitrogens with zero attached hydrogens (tertiary/aromatic N) is 2. The van der Waals surface area contributed by atoms with Crippen LogP contribution in [-0.4, -0.2) is 21.7 Å². The molecular weight excluding hydrogens is 264 g/mol. The molecule has 0 spiro atoms. The molecular formula is C13H21ClN4O. The number of carbonyl (C=O) groups excluding carboxylic acids is 1. The molecule has 4 unspecified atom stereocenters. The van der Waals surface area contributed by atoms with E-state index in [0.29, 0.717) is 11.8 Å². The Morgan fingerprint density at radius 2 is 2.16 bits per heavy atom. The van der Waals surface area contributed by atoms with Crippen LogP contribution in [0.2, 0.25) is 0 Å². The largest absolute Gasteiger partial charge is 0.327 e. The van der Waals surface area contributed by atoms with Crippen molar-refractivity contribution in [2.45, 2.75) is 32.2 Å². The van der Waals surface area contributed by atoms with Gasteiger partial charge in [-0.3, -0.25) is 9.48 Å². The lowest BCUT2D eigenvalue weighted by molar-refractivity contribution is -0.121. The topological polar surface area (TPSA) is 72.9 Å². The van der Waals surface area contributed by atoms with Crippen molar-refractivity contribution in [1.29, 1.82) is 0 Å². The minimum Gasteiger partial charge on any atom is -0.327 e. The minimum absolute atomic E-state index is 0. The summed E-state index contributed by atoms with van der Waals surface area (Å²) in [5.41, 5.74) is 7.96. The molecule has 1 aromatic rings. The predicted molar refractivity (Wildman–Crippen MR) is 76.1 cm³/mol. The summed E-state index contributed by atoms with van der Waals surface area (Å²) in [5.74, 6) is 1.11. The van der Waals surface area contributed by atoms with E-state index in [0.717, 1.165) is 24.2 Å². The fourth-order valence-electron chi connectivity index (χ4n) is 3.56. The van der Waals surface area contributed by atoms with Gasteiger partial charge in [0.25, 0.3) is 0 Å². The molecule has 106 valence electrons. The number of nitrogens with two attached hydrogens (primary N) is 1. The monoisotopic (exact) mass is 284 g/mol. The number of fused-ring (bicyclic) bond motifs is 2. The lowest BCUT2D eigenvalue weighted by Gasteiger charge is -2.26. The van der Waals surface area contributed by atoms with Crippen LogP contribution < -0.4 is 11.1 Å². The zero-order valence-corrected chi connectivity index (χ0v) is 12.1. The van der Waals surface area contributed by atoms with Crippen molar-refractivity contribution < 1.29 is 4.79 Å². The van der Waals surface area contributed by atoms with Gasteiger partial charge in [0.15, 0.2) is 0 Å². The maximum absolute atomic E-state index is 12.3. The highest BCUT2D eigenvalue weighted by molar-refractivity contribution is 5.94. The fraction of sp³-hybridized carbons (Fsp3) is 0.692. The van der Waals surface area contributed by atoms with E-state index in [1.807, 2.05) is 14.0 Å². The number of halogens is 1. The van der Waals surface area contributed by atoms with Gasteiger partial charge in [-0.25, -0.2) is 0 Å². The highest BCUT2D eigenvalue weighted by atomic mass is 35.5. The minimum atomic E-state index is -0.0108. The molecule has 5 nitrogen and oxygen atoms in total.